The predicted octanol–water partition coefficient (Wildman–Crippen LogP) is 1.71. The fraction of sp³-hybridized carbons (Fsp3) is 0.400. The van der Waals surface area contributed by atoms with Crippen LogP contribution in [0, 0.1) is 0 Å². The van der Waals surface area contributed by atoms with Gasteiger partial charge in [0.05, 0.1) is 11.5 Å². The van der Waals surface area contributed by atoms with E-state index >= 15 is 0 Å². The average Bonchev–Trinajstić information content (AvgIpc) is 3.29. The molecular weight excluding hydrogens is 426 g/mol. The quantitative estimate of drug-likeness (QED) is 0.595. The number of hydrogen-bond donors (Lipinski definition) is 2. The van der Waals surface area contributed by atoms with Crippen molar-refractivity contribution in [2.75, 3.05) is 33.4 Å². The number of nitrogens with zero attached hydrogens (tertiary/aromatic N) is 1. The van der Waals surface area contributed by atoms with Gasteiger partial charge in [-0.3, -0.25) is 9.59 Å². The molecule has 0 bridgehead atoms. The fourth-order valence-electron chi connectivity index (χ4n) is 3.21. The van der Waals surface area contributed by atoms with Crippen LogP contribution in [-0.2, 0) is 14.8 Å². The predicted molar refractivity (Wildman–Crippen MR) is 114 cm³/mol. The Kier molecular flexibility index (Phi) is 7.59. The molecule has 2 amide bonds. The minimum Gasteiger partial charge on any atom is -0.383 e. The van der Waals surface area contributed by atoms with Gasteiger partial charge in [0.25, 0.3) is 11.8 Å². The summed E-state index contributed by atoms with van der Waals surface area (Å²) < 4.78 is 31.7. The number of nitrogens with one attached hydrogen (secondary N) is 2. The Hall–Kier alpha value is -2.27. The normalized spacial score (nSPS) is 15.2. The first-order valence-corrected chi connectivity index (χ1v) is 12.0. The van der Waals surface area contributed by atoms with Gasteiger partial charge in [0.2, 0.25) is 10.0 Å². The van der Waals surface area contributed by atoms with Crippen LogP contribution in [0.5, 0.6) is 0 Å². The first kappa shape index (κ1) is 22.4. The van der Waals surface area contributed by atoms with E-state index in [1.54, 1.807) is 11.0 Å². The third-order valence-corrected chi connectivity index (χ3v) is 7.07. The third kappa shape index (κ3) is 5.66. The summed E-state index contributed by atoms with van der Waals surface area (Å²) in [5, 5.41) is 6.69. The highest BCUT2D eigenvalue weighted by Gasteiger charge is 2.25. The topological polar surface area (TPSA) is 105 Å². The number of thiophene rings is 1. The zero-order valence-electron chi connectivity index (χ0n) is 16.7. The number of likely N-dealkylation sites (tertiary alicyclic amines) is 1. The van der Waals surface area contributed by atoms with E-state index in [-0.39, 0.29) is 35.9 Å². The molecule has 0 radical (unpaired) electrons. The summed E-state index contributed by atoms with van der Waals surface area (Å²) in [6, 6.07) is 7.73. The van der Waals surface area contributed by atoms with Crippen molar-refractivity contribution in [2.45, 2.75) is 23.8 Å². The Bertz CT molecular complexity index is 951. The molecule has 1 saturated heterocycles. The SMILES string of the molecule is COCCNS(=O)(=O)c1ccc(C(=O)N2CCC(NC(=O)c3ccsc3)CC2)cc1. The van der Waals surface area contributed by atoms with Crippen LogP contribution in [0.3, 0.4) is 0 Å². The van der Waals surface area contributed by atoms with Crippen LogP contribution in [0.2, 0.25) is 0 Å². The minimum atomic E-state index is -3.63. The Morgan fingerprint density at radius 2 is 1.83 bits per heavy atom. The molecule has 1 aromatic heterocycles. The van der Waals surface area contributed by atoms with E-state index in [2.05, 4.69) is 10.0 Å². The zero-order valence-corrected chi connectivity index (χ0v) is 18.3. The van der Waals surface area contributed by atoms with E-state index in [1.165, 1.54) is 42.7 Å². The van der Waals surface area contributed by atoms with Crippen molar-refractivity contribution in [1.82, 2.24) is 14.9 Å². The van der Waals surface area contributed by atoms with Gasteiger partial charge in [-0.1, -0.05) is 0 Å². The second kappa shape index (κ2) is 10.2. The van der Waals surface area contributed by atoms with Gasteiger partial charge < -0.3 is 15.0 Å². The highest BCUT2D eigenvalue weighted by molar-refractivity contribution is 7.89. The van der Waals surface area contributed by atoms with E-state index in [0.29, 0.717) is 37.1 Å². The van der Waals surface area contributed by atoms with Crippen molar-refractivity contribution in [1.29, 1.82) is 0 Å². The smallest absolute Gasteiger partial charge is 0.253 e. The molecule has 30 heavy (non-hydrogen) atoms. The second-order valence-electron chi connectivity index (χ2n) is 6.97. The van der Waals surface area contributed by atoms with Gasteiger partial charge in [0.15, 0.2) is 0 Å². The highest BCUT2D eigenvalue weighted by atomic mass is 32.2. The van der Waals surface area contributed by atoms with Crippen molar-refractivity contribution in [3.8, 4) is 0 Å². The molecule has 162 valence electrons. The fourth-order valence-corrected chi connectivity index (χ4v) is 4.86. The maximum absolute atomic E-state index is 12.7. The maximum Gasteiger partial charge on any atom is 0.253 e. The Morgan fingerprint density at radius 3 is 2.43 bits per heavy atom. The molecule has 1 aliphatic heterocycles. The molecule has 3 rings (SSSR count). The van der Waals surface area contributed by atoms with Gasteiger partial charge in [-0.25, -0.2) is 13.1 Å². The first-order chi connectivity index (χ1) is 14.4. The van der Waals surface area contributed by atoms with Gasteiger partial charge in [0.1, 0.15) is 0 Å². The number of carbonyl (C=O) groups is 2. The number of rotatable bonds is 8. The van der Waals surface area contributed by atoms with Crippen LogP contribution in [-0.4, -0.2) is 64.5 Å². The van der Waals surface area contributed by atoms with Gasteiger partial charge >= 0.3 is 0 Å². The number of benzene rings is 1. The van der Waals surface area contributed by atoms with Crippen LogP contribution in [0.15, 0.2) is 46.0 Å². The molecule has 2 aromatic rings. The van der Waals surface area contributed by atoms with Crippen LogP contribution in [0.1, 0.15) is 33.6 Å². The lowest BCUT2D eigenvalue weighted by atomic mass is 10.0. The molecule has 1 aliphatic rings. The largest absolute Gasteiger partial charge is 0.383 e. The molecule has 2 heterocycles. The third-order valence-electron chi connectivity index (χ3n) is 4.91. The van der Waals surface area contributed by atoms with Crippen LogP contribution in [0.4, 0.5) is 0 Å². The number of amides is 2. The highest BCUT2D eigenvalue weighted by Crippen LogP contribution is 2.17. The van der Waals surface area contributed by atoms with Crippen molar-refractivity contribution in [3.05, 3.63) is 52.2 Å². The Labute approximate surface area is 180 Å². The number of ether oxygens (including phenoxy) is 1. The van der Waals surface area contributed by atoms with Gasteiger partial charge in [0, 0.05) is 49.3 Å². The number of sulfonamides is 1. The molecule has 0 spiro atoms. The first-order valence-electron chi connectivity index (χ1n) is 9.61. The molecule has 10 heteroatoms. The summed E-state index contributed by atoms with van der Waals surface area (Å²) in [6.07, 6.45) is 1.36. The van der Waals surface area contributed by atoms with E-state index in [4.69, 9.17) is 4.74 Å². The van der Waals surface area contributed by atoms with E-state index < -0.39 is 10.0 Å². The summed E-state index contributed by atoms with van der Waals surface area (Å²) >= 11 is 1.48. The van der Waals surface area contributed by atoms with E-state index in [0.717, 1.165) is 0 Å². The molecular formula is C20H25N3O5S2. The molecule has 8 nitrogen and oxygen atoms in total. The maximum atomic E-state index is 12.7. The van der Waals surface area contributed by atoms with Crippen LogP contribution in [0.25, 0.3) is 0 Å². The molecule has 0 saturated carbocycles. The van der Waals surface area contributed by atoms with Gasteiger partial charge in [-0.15, -0.1) is 0 Å². The summed E-state index contributed by atoms with van der Waals surface area (Å²) in [6.45, 7) is 1.52. The lowest BCUT2D eigenvalue weighted by Gasteiger charge is -2.32. The standard InChI is InChI=1S/C20H25N3O5S2/c1-28-12-9-21-30(26,27)18-4-2-15(3-5-18)20(25)23-10-6-17(7-11-23)22-19(24)16-8-13-29-14-16/h2-5,8,13-14,17,21H,6-7,9-12H2,1H3,(H,22,24). The Balaban J connectivity index is 1.53. The second-order valence-corrected chi connectivity index (χ2v) is 9.51. The lowest BCUT2D eigenvalue weighted by molar-refractivity contribution is 0.0698. The summed E-state index contributed by atoms with van der Waals surface area (Å²) in [4.78, 5) is 26.7. The van der Waals surface area contributed by atoms with Crippen LogP contribution < -0.4 is 10.0 Å². The number of hydrogen-bond acceptors (Lipinski definition) is 6. The molecule has 0 atom stereocenters. The number of methoxy groups -OCH3 is 1. The van der Waals surface area contributed by atoms with Crippen molar-refractivity contribution in [3.63, 3.8) is 0 Å². The number of carbonyl (C=O) groups excluding carboxylic acids is 2. The molecule has 0 unspecified atom stereocenters. The summed E-state index contributed by atoms with van der Waals surface area (Å²) in [7, 11) is -2.14. The summed E-state index contributed by atoms with van der Waals surface area (Å²) in [5.74, 6) is -0.231. The monoisotopic (exact) mass is 451 g/mol. The van der Waals surface area contributed by atoms with Crippen molar-refractivity contribution >= 4 is 33.2 Å². The number of piperidine rings is 1. The van der Waals surface area contributed by atoms with Crippen molar-refractivity contribution < 1.29 is 22.7 Å². The van der Waals surface area contributed by atoms with Gasteiger partial charge in [-0.2, -0.15) is 11.3 Å². The molecule has 1 fully saturated rings. The van der Waals surface area contributed by atoms with E-state index in [1.807, 2.05) is 10.8 Å². The lowest BCUT2D eigenvalue weighted by Crippen LogP contribution is -2.46. The minimum absolute atomic E-state index is 0.0344. The van der Waals surface area contributed by atoms with E-state index in [9.17, 15) is 18.0 Å². The molecule has 1 aromatic carbocycles. The Morgan fingerprint density at radius 1 is 1.13 bits per heavy atom. The average molecular weight is 452 g/mol. The summed E-state index contributed by atoms with van der Waals surface area (Å²) in [5.41, 5.74) is 1.09. The molecule has 2 N–H and O–H groups in total. The van der Waals surface area contributed by atoms with Crippen LogP contribution >= 0.6 is 11.3 Å². The molecule has 0 aliphatic carbocycles. The zero-order chi connectivity index (χ0) is 21.6. The van der Waals surface area contributed by atoms with Gasteiger partial charge in [-0.05, 0) is 48.6 Å². The van der Waals surface area contributed by atoms with Crippen molar-refractivity contribution in [2.24, 2.45) is 0 Å².